The fourth-order valence-corrected chi connectivity index (χ4v) is 3.73. The number of hydrogen-bond acceptors (Lipinski definition) is 8. The molecule has 3 heterocycles. The SMILES string of the molecule is Cc1cc(F)ccc1-c1nc(Nc2nn[nH]n2)nc2c1C(=O)NCN2c1ccccc1Cl. The first kappa shape index (κ1) is 19.8. The average molecular weight is 452 g/mol. The fourth-order valence-electron chi connectivity index (χ4n) is 3.50. The van der Waals surface area contributed by atoms with Crippen LogP contribution in [0.5, 0.6) is 0 Å². The number of amides is 1. The molecule has 3 N–H and O–H groups in total. The molecule has 0 saturated carbocycles. The summed E-state index contributed by atoms with van der Waals surface area (Å²) in [5.74, 6) is -0.122. The van der Waals surface area contributed by atoms with Gasteiger partial charge in [-0.25, -0.2) is 9.37 Å². The number of nitrogens with zero attached hydrogens (tertiary/aromatic N) is 6. The summed E-state index contributed by atoms with van der Waals surface area (Å²) >= 11 is 6.43. The summed E-state index contributed by atoms with van der Waals surface area (Å²) in [5.41, 5.74) is 2.41. The smallest absolute Gasteiger partial charge is 0.269 e. The molecule has 2 aromatic heterocycles. The second kappa shape index (κ2) is 7.85. The molecular formula is C20H15ClFN9O. The Morgan fingerprint density at radius 1 is 1.16 bits per heavy atom. The van der Waals surface area contributed by atoms with E-state index in [1.807, 2.05) is 18.2 Å². The van der Waals surface area contributed by atoms with Crippen molar-refractivity contribution in [2.45, 2.75) is 6.92 Å². The molecule has 5 rings (SSSR count). The molecule has 2 aromatic carbocycles. The number of benzene rings is 2. The number of H-pyrrole nitrogens is 1. The van der Waals surface area contributed by atoms with Crippen molar-refractivity contribution in [2.75, 3.05) is 16.9 Å². The fraction of sp³-hybridized carbons (Fsp3) is 0.100. The molecule has 12 heteroatoms. The molecule has 0 spiro atoms. The maximum absolute atomic E-state index is 13.8. The van der Waals surface area contributed by atoms with Gasteiger partial charge in [0.1, 0.15) is 11.4 Å². The minimum atomic E-state index is -0.388. The molecule has 160 valence electrons. The molecule has 0 atom stereocenters. The van der Waals surface area contributed by atoms with E-state index in [2.05, 4.69) is 41.2 Å². The topological polar surface area (TPSA) is 125 Å². The van der Waals surface area contributed by atoms with E-state index in [1.54, 1.807) is 24.0 Å². The van der Waals surface area contributed by atoms with Crippen molar-refractivity contribution in [3.63, 3.8) is 0 Å². The van der Waals surface area contributed by atoms with E-state index in [0.29, 0.717) is 33.3 Å². The highest BCUT2D eigenvalue weighted by Crippen LogP contribution is 2.39. The van der Waals surface area contributed by atoms with E-state index in [4.69, 9.17) is 11.6 Å². The second-order valence-electron chi connectivity index (χ2n) is 6.96. The summed E-state index contributed by atoms with van der Waals surface area (Å²) in [6.07, 6.45) is 0. The number of para-hydroxylation sites is 1. The van der Waals surface area contributed by atoms with E-state index in [1.165, 1.54) is 12.1 Å². The van der Waals surface area contributed by atoms with E-state index < -0.39 is 0 Å². The van der Waals surface area contributed by atoms with E-state index in [0.717, 1.165) is 0 Å². The largest absolute Gasteiger partial charge is 0.334 e. The number of tetrazole rings is 1. The number of hydrogen-bond donors (Lipinski definition) is 3. The minimum Gasteiger partial charge on any atom is -0.334 e. The third-order valence-electron chi connectivity index (χ3n) is 4.93. The maximum atomic E-state index is 13.8. The molecule has 4 aromatic rings. The maximum Gasteiger partial charge on any atom is 0.269 e. The summed E-state index contributed by atoms with van der Waals surface area (Å²) in [5, 5.41) is 19.8. The molecule has 0 aliphatic carbocycles. The summed E-state index contributed by atoms with van der Waals surface area (Å²) in [6.45, 7) is 1.89. The van der Waals surface area contributed by atoms with Gasteiger partial charge in [0.05, 0.1) is 23.1 Å². The quantitative estimate of drug-likeness (QED) is 0.431. The van der Waals surface area contributed by atoms with Crippen LogP contribution in [0.25, 0.3) is 11.3 Å². The minimum absolute atomic E-state index is 0.135. The number of fused-ring (bicyclic) bond motifs is 1. The average Bonchev–Trinajstić information content (AvgIpc) is 3.27. The lowest BCUT2D eigenvalue weighted by molar-refractivity contribution is 0.0949. The summed E-state index contributed by atoms with van der Waals surface area (Å²) < 4.78 is 13.8. The van der Waals surface area contributed by atoms with Gasteiger partial charge in [-0.1, -0.05) is 28.8 Å². The number of aromatic amines is 1. The lowest BCUT2D eigenvalue weighted by atomic mass is 9.99. The van der Waals surface area contributed by atoms with Gasteiger partial charge in [-0.3, -0.25) is 10.1 Å². The van der Waals surface area contributed by atoms with Crippen LogP contribution in [0, 0.1) is 12.7 Å². The standard InChI is InChI=1S/C20H15ClFN9O/c1-10-8-11(22)6-7-12(10)16-15-17(25-19(24-16)26-20-27-29-30-28-20)31(9-23-18(15)32)14-5-3-2-4-13(14)21/h2-8H,9H2,1H3,(H,23,32)(H2,24,25,26,27,28,29,30). The highest BCUT2D eigenvalue weighted by Gasteiger charge is 2.32. The Hall–Kier alpha value is -4.12. The molecule has 32 heavy (non-hydrogen) atoms. The number of aryl methyl sites for hydroxylation is 1. The normalized spacial score (nSPS) is 13.0. The third-order valence-corrected chi connectivity index (χ3v) is 5.25. The van der Waals surface area contributed by atoms with E-state index in [9.17, 15) is 9.18 Å². The van der Waals surface area contributed by atoms with E-state index >= 15 is 0 Å². The number of halogens is 2. The van der Waals surface area contributed by atoms with Crippen LogP contribution in [0.15, 0.2) is 42.5 Å². The van der Waals surface area contributed by atoms with Crippen LogP contribution in [0.3, 0.4) is 0 Å². The third kappa shape index (κ3) is 3.48. The first-order valence-corrected chi connectivity index (χ1v) is 9.88. The Morgan fingerprint density at radius 3 is 2.75 bits per heavy atom. The first-order chi connectivity index (χ1) is 15.5. The zero-order chi connectivity index (χ0) is 22.2. The number of anilines is 4. The monoisotopic (exact) mass is 451 g/mol. The van der Waals surface area contributed by atoms with Gasteiger partial charge in [0.15, 0.2) is 5.82 Å². The van der Waals surface area contributed by atoms with Crippen molar-refractivity contribution in [3.8, 4) is 11.3 Å². The van der Waals surface area contributed by atoms with Gasteiger partial charge < -0.3 is 10.2 Å². The summed E-state index contributed by atoms with van der Waals surface area (Å²) in [4.78, 5) is 23.8. The number of rotatable bonds is 4. The lowest BCUT2D eigenvalue weighted by Crippen LogP contribution is -2.42. The molecule has 0 unspecified atom stereocenters. The van der Waals surface area contributed by atoms with Gasteiger partial charge in [-0.15, -0.1) is 5.10 Å². The van der Waals surface area contributed by atoms with Crippen LogP contribution in [0.4, 0.5) is 27.8 Å². The van der Waals surface area contributed by atoms with Crippen molar-refractivity contribution in [2.24, 2.45) is 0 Å². The van der Waals surface area contributed by atoms with Crippen molar-refractivity contribution >= 4 is 40.9 Å². The van der Waals surface area contributed by atoms with Gasteiger partial charge in [-0.2, -0.15) is 10.2 Å². The van der Waals surface area contributed by atoms with Crippen molar-refractivity contribution in [1.82, 2.24) is 35.9 Å². The van der Waals surface area contributed by atoms with Crippen molar-refractivity contribution in [3.05, 3.63) is 64.4 Å². The Kier molecular flexibility index (Phi) is 4.86. The molecule has 0 fully saturated rings. The Bertz CT molecular complexity index is 1330. The molecule has 1 amide bonds. The summed E-state index contributed by atoms with van der Waals surface area (Å²) in [7, 11) is 0. The van der Waals surface area contributed by atoms with Crippen molar-refractivity contribution in [1.29, 1.82) is 0 Å². The number of carbonyl (C=O) groups is 1. The summed E-state index contributed by atoms with van der Waals surface area (Å²) in [6, 6.07) is 11.5. The highest BCUT2D eigenvalue weighted by atomic mass is 35.5. The predicted molar refractivity (Wildman–Crippen MR) is 116 cm³/mol. The lowest BCUT2D eigenvalue weighted by Gasteiger charge is -2.32. The Labute approximate surface area is 185 Å². The van der Waals surface area contributed by atoms with Crippen molar-refractivity contribution < 1.29 is 9.18 Å². The zero-order valence-corrected chi connectivity index (χ0v) is 17.4. The highest BCUT2D eigenvalue weighted by molar-refractivity contribution is 6.33. The van der Waals surface area contributed by atoms with Gasteiger partial charge in [-0.05, 0) is 48.0 Å². The van der Waals surface area contributed by atoms with Crippen LogP contribution in [0.1, 0.15) is 15.9 Å². The van der Waals surface area contributed by atoms with Gasteiger partial charge in [0, 0.05) is 5.56 Å². The molecule has 10 nitrogen and oxygen atoms in total. The van der Waals surface area contributed by atoms with Crippen LogP contribution in [0.2, 0.25) is 5.02 Å². The van der Waals surface area contributed by atoms with Crippen LogP contribution in [-0.4, -0.2) is 43.2 Å². The molecule has 0 saturated heterocycles. The number of aromatic nitrogens is 6. The second-order valence-corrected chi connectivity index (χ2v) is 7.36. The molecule has 1 aliphatic rings. The molecular weight excluding hydrogens is 437 g/mol. The van der Waals surface area contributed by atoms with Crippen LogP contribution >= 0.6 is 11.6 Å². The molecule has 0 radical (unpaired) electrons. The Morgan fingerprint density at radius 2 is 2.00 bits per heavy atom. The van der Waals surface area contributed by atoms with Gasteiger partial charge >= 0.3 is 0 Å². The van der Waals surface area contributed by atoms with Crippen LogP contribution in [-0.2, 0) is 0 Å². The van der Waals surface area contributed by atoms with Gasteiger partial charge in [0.25, 0.3) is 11.9 Å². The number of nitrogens with one attached hydrogen (secondary N) is 3. The zero-order valence-electron chi connectivity index (χ0n) is 16.6. The molecule has 0 bridgehead atoms. The molecule has 1 aliphatic heterocycles. The van der Waals surface area contributed by atoms with E-state index in [-0.39, 0.29) is 35.9 Å². The van der Waals surface area contributed by atoms with Gasteiger partial charge in [0.2, 0.25) is 5.95 Å². The number of carbonyl (C=O) groups excluding carboxylic acids is 1. The van der Waals surface area contributed by atoms with Crippen LogP contribution < -0.4 is 15.5 Å². The first-order valence-electron chi connectivity index (χ1n) is 9.50. The Balaban J connectivity index is 1.75. The predicted octanol–water partition coefficient (Wildman–Crippen LogP) is 3.34.